The molecule has 0 radical (unpaired) electrons. The predicted octanol–water partition coefficient (Wildman–Crippen LogP) is 4.01. The zero-order valence-corrected chi connectivity index (χ0v) is 15.0. The van der Waals surface area contributed by atoms with Gasteiger partial charge in [0.2, 0.25) is 5.91 Å². The van der Waals surface area contributed by atoms with E-state index >= 15 is 0 Å². The summed E-state index contributed by atoms with van der Waals surface area (Å²) in [6.45, 7) is 2.85. The number of rotatable bonds is 3. The number of halogens is 4. The van der Waals surface area contributed by atoms with Gasteiger partial charge in [-0.15, -0.1) is 12.4 Å². The number of carbonyl (C=O) groups is 1. The second kappa shape index (κ2) is 7.54. The van der Waals surface area contributed by atoms with Crippen LogP contribution < -0.4 is 10.6 Å². The zero-order valence-electron chi connectivity index (χ0n) is 14.2. The van der Waals surface area contributed by atoms with Crippen LogP contribution in [-0.4, -0.2) is 18.5 Å². The lowest BCUT2D eigenvalue weighted by atomic mass is 9.71. The number of benzene rings is 1. The minimum absolute atomic E-state index is 0. The van der Waals surface area contributed by atoms with Crippen LogP contribution in [0.1, 0.15) is 50.2 Å². The van der Waals surface area contributed by atoms with Gasteiger partial charge in [0.05, 0.1) is 11.1 Å². The predicted molar refractivity (Wildman–Crippen MR) is 92.6 cm³/mol. The van der Waals surface area contributed by atoms with Gasteiger partial charge in [-0.1, -0.05) is 12.1 Å². The highest BCUT2D eigenvalue weighted by Crippen LogP contribution is 2.43. The molecule has 0 unspecified atom stereocenters. The number of carbonyl (C=O) groups excluding carboxylic acids is 1. The molecule has 1 aliphatic heterocycles. The molecule has 1 heterocycles. The van der Waals surface area contributed by atoms with Gasteiger partial charge in [-0.3, -0.25) is 4.79 Å². The molecular formula is C18H24ClF3N2O. The fourth-order valence-corrected chi connectivity index (χ4v) is 3.72. The van der Waals surface area contributed by atoms with E-state index in [1.54, 1.807) is 6.07 Å². The molecule has 0 aromatic heterocycles. The minimum atomic E-state index is -4.37. The summed E-state index contributed by atoms with van der Waals surface area (Å²) in [7, 11) is 0. The largest absolute Gasteiger partial charge is 0.416 e. The first-order valence-corrected chi connectivity index (χ1v) is 8.53. The normalized spacial score (nSPS) is 25.4. The highest BCUT2D eigenvalue weighted by molar-refractivity contribution is 5.85. The molecule has 2 N–H and O–H groups in total. The van der Waals surface area contributed by atoms with Gasteiger partial charge in [0.1, 0.15) is 0 Å². The molecular weight excluding hydrogens is 353 g/mol. The lowest BCUT2D eigenvalue weighted by Gasteiger charge is -2.44. The maximum absolute atomic E-state index is 13.0. The highest BCUT2D eigenvalue weighted by Gasteiger charge is 2.42. The molecule has 0 spiro atoms. The Kier molecular flexibility index (Phi) is 6.05. The third-order valence-corrected chi connectivity index (χ3v) is 5.31. The second-order valence-electron chi connectivity index (χ2n) is 7.08. The summed E-state index contributed by atoms with van der Waals surface area (Å²) in [6.07, 6.45) is -0.519. The molecule has 1 saturated heterocycles. The van der Waals surface area contributed by atoms with Crippen molar-refractivity contribution < 1.29 is 18.0 Å². The fraction of sp³-hybridized carbons (Fsp3) is 0.611. The standard InChI is InChI=1S/C18H23F3N2O.ClH/c1-12-10-13(6-9-22-12)16(24)23-17(7-3-8-17)14-4-2-5-15(11-14)18(19,20)21;/h2,4-5,11-13,22H,3,6-10H2,1H3,(H,23,24);1H/t12-,13-;/m0./s1. The molecule has 1 amide bonds. The number of alkyl halides is 3. The number of nitrogens with one attached hydrogen (secondary N) is 2. The maximum Gasteiger partial charge on any atom is 0.416 e. The van der Waals surface area contributed by atoms with Crippen molar-refractivity contribution in [2.45, 2.75) is 56.8 Å². The van der Waals surface area contributed by atoms with Crippen LogP contribution in [0, 0.1) is 5.92 Å². The molecule has 2 fully saturated rings. The van der Waals surface area contributed by atoms with E-state index in [1.165, 1.54) is 12.1 Å². The third kappa shape index (κ3) is 4.29. The van der Waals surface area contributed by atoms with E-state index in [1.807, 2.05) is 6.92 Å². The van der Waals surface area contributed by atoms with Crippen molar-refractivity contribution in [1.29, 1.82) is 0 Å². The van der Waals surface area contributed by atoms with E-state index in [2.05, 4.69) is 10.6 Å². The Bertz CT molecular complexity index is 617. The van der Waals surface area contributed by atoms with Crippen molar-refractivity contribution in [1.82, 2.24) is 10.6 Å². The van der Waals surface area contributed by atoms with Crippen LogP contribution >= 0.6 is 12.4 Å². The van der Waals surface area contributed by atoms with E-state index in [4.69, 9.17) is 0 Å². The Balaban J connectivity index is 0.00000225. The van der Waals surface area contributed by atoms with Crippen molar-refractivity contribution in [3.63, 3.8) is 0 Å². The van der Waals surface area contributed by atoms with E-state index in [0.717, 1.165) is 31.9 Å². The Morgan fingerprint density at radius 3 is 2.60 bits per heavy atom. The van der Waals surface area contributed by atoms with E-state index in [-0.39, 0.29) is 24.2 Å². The molecule has 2 atom stereocenters. The smallest absolute Gasteiger partial charge is 0.346 e. The SMILES string of the molecule is C[C@H]1C[C@@H](C(=O)NC2(c3cccc(C(F)(F)F)c3)CCC2)CCN1.Cl. The van der Waals surface area contributed by atoms with Gasteiger partial charge in [0.15, 0.2) is 0 Å². The molecule has 2 aliphatic rings. The first-order valence-electron chi connectivity index (χ1n) is 8.53. The Labute approximate surface area is 152 Å². The van der Waals surface area contributed by atoms with Crippen LogP contribution in [0.2, 0.25) is 0 Å². The minimum Gasteiger partial charge on any atom is -0.346 e. The van der Waals surface area contributed by atoms with Gasteiger partial charge in [0, 0.05) is 12.0 Å². The molecule has 0 bridgehead atoms. The Morgan fingerprint density at radius 1 is 1.32 bits per heavy atom. The lowest BCUT2D eigenvalue weighted by molar-refractivity contribution is -0.137. The summed E-state index contributed by atoms with van der Waals surface area (Å²) < 4.78 is 38.9. The van der Waals surface area contributed by atoms with Crippen LogP contribution in [0.15, 0.2) is 24.3 Å². The average Bonchev–Trinajstić information content (AvgIpc) is 2.50. The summed E-state index contributed by atoms with van der Waals surface area (Å²) in [5, 5.41) is 6.39. The van der Waals surface area contributed by atoms with Crippen LogP contribution in [0.25, 0.3) is 0 Å². The Hall–Kier alpha value is -1.27. The Morgan fingerprint density at radius 2 is 2.04 bits per heavy atom. The van der Waals surface area contributed by atoms with Crippen molar-refractivity contribution in [2.24, 2.45) is 5.92 Å². The van der Waals surface area contributed by atoms with Crippen LogP contribution in [0.3, 0.4) is 0 Å². The fourth-order valence-electron chi connectivity index (χ4n) is 3.72. The second-order valence-corrected chi connectivity index (χ2v) is 7.08. The van der Waals surface area contributed by atoms with Crippen LogP contribution in [-0.2, 0) is 16.5 Å². The third-order valence-electron chi connectivity index (χ3n) is 5.31. The van der Waals surface area contributed by atoms with Gasteiger partial charge in [-0.25, -0.2) is 0 Å². The van der Waals surface area contributed by atoms with Crippen molar-refractivity contribution >= 4 is 18.3 Å². The summed E-state index contributed by atoms with van der Waals surface area (Å²) >= 11 is 0. The van der Waals surface area contributed by atoms with Crippen molar-refractivity contribution in [3.8, 4) is 0 Å². The average molecular weight is 377 g/mol. The quantitative estimate of drug-likeness (QED) is 0.836. The molecule has 1 aromatic rings. The first kappa shape index (κ1) is 20.0. The summed E-state index contributed by atoms with van der Waals surface area (Å²) in [6, 6.07) is 5.67. The van der Waals surface area contributed by atoms with Gasteiger partial charge in [0.25, 0.3) is 0 Å². The highest BCUT2D eigenvalue weighted by atomic mass is 35.5. The molecule has 7 heteroatoms. The number of hydrogen-bond donors (Lipinski definition) is 2. The monoisotopic (exact) mass is 376 g/mol. The topological polar surface area (TPSA) is 41.1 Å². The first-order chi connectivity index (χ1) is 11.3. The van der Waals surface area contributed by atoms with Gasteiger partial charge in [-0.05, 0) is 63.3 Å². The van der Waals surface area contributed by atoms with E-state index in [0.29, 0.717) is 24.4 Å². The van der Waals surface area contributed by atoms with Crippen LogP contribution in [0.5, 0.6) is 0 Å². The summed E-state index contributed by atoms with van der Waals surface area (Å²) in [4.78, 5) is 12.6. The number of hydrogen-bond acceptors (Lipinski definition) is 2. The molecule has 1 aliphatic carbocycles. The van der Waals surface area contributed by atoms with Crippen molar-refractivity contribution in [2.75, 3.05) is 6.54 Å². The molecule has 3 nitrogen and oxygen atoms in total. The molecule has 25 heavy (non-hydrogen) atoms. The van der Waals surface area contributed by atoms with Gasteiger partial charge in [-0.2, -0.15) is 13.2 Å². The van der Waals surface area contributed by atoms with Gasteiger partial charge < -0.3 is 10.6 Å². The number of piperidine rings is 1. The number of amides is 1. The summed E-state index contributed by atoms with van der Waals surface area (Å²) in [5.41, 5.74) is -0.721. The zero-order chi connectivity index (χ0) is 17.4. The van der Waals surface area contributed by atoms with E-state index < -0.39 is 17.3 Å². The molecule has 1 aromatic carbocycles. The van der Waals surface area contributed by atoms with E-state index in [9.17, 15) is 18.0 Å². The molecule has 3 rings (SSSR count). The molecule has 1 saturated carbocycles. The lowest BCUT2D eigenvalue weighted by Crippen LogP contribution is -2.54. The maximum atomic E-state index is 13.0. The van der Waals surface area contributed by atoms with Gasteiger partial charge >= 0.3 is 6.18 Å². The summed E-state index contributed by atoms with van der Waals surface area (Å²) in [5.74, 6) is -0.0926. The van der Waals surface area contributed by atoms with Crippen molar-refractivity contribution in [3.05, 3.63) is 35.4 Å². The molecule has 140 valence electrons. The van der Waals surface area contributed by atoms with Crippen LogP contribution in [0.4, 0.5) is 13.2 Å².